The molecule has 0 aromatic heterocycles. The summed E-state index contributed by atoms with van der Waals surface area (Å²) in [5.41, 5.74) is 7.15. The van der Waals surface area contributed by atoms with Gasteiger partial charge in [-0.1, -0.05) is 43.7 Å². The minimum absolute atomic E-state index is 0.0459. The number of aromatic hydroxyl groups is 1. The lowest BCUT2D eigenvalue weighted by Gasteiger charge is -2.29. The Labute approximate surface area is 163 Å². The third-order valence-corrected chi connectivity index (χ3v) is 6.59. The number of benzene rings is 2. The number of phenols is 1. The fourth-order valence-electron chi connectivity index (χ4n) is 5.35. The zero-order valence-corrected chi connectivity index (χ0v) is 16.6. The average molecular weight is 365 g/mol. The van der Waals surface area contributed by atoms with Crippen molar-refractivity contribution in [2.24, 2.45) is 0 Å². The lowest BCUT2D eigenvalue weighted by atomic mass is 9.74. The summed E-state index contributed by atoms with van der Waals surface area (Å²) >= 11 is 0. The highest BCUT2D eigenvalue weighted by Crippen LogP contribution is 2.55. The highest BCUT2D eigenvalue weighted by Gasteiger charge is 2.47. The van der Waals surface area contributed by atoms with Crippen LogP contribution in [0.25, 0.3) is 0 Å². The van der Waals surface area contributed by atoms with Crippen LogP contribution in [0, 0.1) is 0 Å². The molecule has 2 aromatic rings. The maximum atomic E-state index is 10.7. The summed E-state index contributed by atoms with van der Waals surface area (Å²) in [7, 11) is 0. The van der Waals surface area contributed by atoms with E-state index in [4.69, 9.17) is 4.74 Å². The third-order valence-electron chi connectivity index (χ3n) is 6.59. The number of rotatable bonds is 8. The van der Waals surface area contributed by atoms with E-state index >= 15 is 0 Å². The van der Waals surface area contributed by atoms with E-state index in [2.05, 4.69) is 31.2 Å². The summed E-state index contributed by atoms with van der Waals surface area (Å²) in [5, 5.41) is 10.7. The number of phenolic OH excluding ortho intramolecular Hbond substituents is 1. The van der Waals surface area contributed by atoms with Crippen molar-refractivity contribution >= 4 is 0 Å². The van der Waals surface area contributed by atoms with Gasteiger partial charge < -0.3 is 9.84 Å². The normalized spacial score (nSPS) is 20.2. The molecule has 144 valence electrons. The molecule has 2 aliphatic rings. The van der Waals surface area contributed by atoms with Crippen LogP contribution in [0.1, 0.15) is 73.3 Å². The second kappa shape index (κ2) is 8.06. The fourth-order valence-corrected chi connectivity index (χ4v) is 5.35. The van der Waals surface area contributed by atoms with E-state index in [1.165, 1.54) is 40.7 Å². The number of hydrogen-bond donors (Lipinski definition) is 1. The van der Waals surface area contributed by atoms with E-state index in [9.17, 15) is 5.11 Å². The monoisotopic (exact) mass is 364 g/mol. The fraction of sp³-hybridized carbons (Fsp3) is 0.520. The summed E-state index contributed by atoms with van der Waals surface area (Å²) < 4.78 is 5.73. The summed E-state index contributed by atoms with van der Waals surface area (Å²) in [6, 6.07) is 12.9. The smallest absolute Gasteiger partial charge is 0.119 e. The summed E-state index contributed by atoms with van der Waals surface area (Å²) in [5.74, 6) is 0.497. The molecule has 2 aliphatic carbocycles. The molecule has 4 rings (SSSR count). The SMILES string of the molecule is CCCCOCCCCc1cccc2c1C1(CCc3cccc(O)c31)CC2. The van der Waals surface area contributed by atoms with E-state index in [0.29, 0.717) is 5.75 Å². The Morgan fingerprint density at radius 2 is 1.59 bits per heavy atom. The van der Waals surface area contributed by atoms with Gasteiger partial charge in [0.25, 0.3) is 0 Å². The van der Waals surface area contributed by atoms with E-state index < -0.39 is 0 Å². The first-order chi connectivity index (χ1) is 13.3. The molecule has 0 saturated carbocycles. The third kappa shape index (κ3) is 3.40. The van der Waals surface area contributed by atoms with Gasteiger partial charge in [0.05, 0.1) is 0 Å². The van der Waals surface area contributed by atoms with Crippen LogP contribution in [-0.2, 0) is 29.4 Å². The molecule has 1 atom stereocenters. The minimum atomic E-state index is 0.0459. The first-order valence-electron chi connectivity index (χ1n) is 10.8. The van der Waals surface area contributed by atoms with Crippen LogP contribution in [0.3, 0.4) is 0 Å². The molecule has 0 aliphatic heterocycles. The van der Waals surface area contributed by atoms with Crippen LogP contribution in [-0.4, -0.2) is 18.3 Å². The molecule has 2 nitrogen and oxygen atoms in total. The van der Waals surface area contributed by atoms with Crippen molar-refractivity contribution in [3.8, 4) is 5.75 Å². The van der Waals surface area contributed by atoms with E-state index in [1.807, 2.05) is 12.1 Å². The highest BCUT2D eigenvalue weighted by atomic mass is 16.5. The zero-order valence-electron chi connectivity index (χ0n) is 16.6. The van der Waals surface area contributed by atoms with Crippen LogP contribution in [0.5, 0.6) is 5.75 Å². The molecule has 27 heavy (non-hydrogen) atoms. The van der Waals surface area contributed by atoms with Crippen molar-refractivity contribution in [1.29, 1.82) is 0 Å². The molecule has 0 fully saturated rings. The predicted molar refractivity (Wildman–Crippen MR) is 111 cm³/mol. The first-order valence-corrected chi connectivity index (χ1v) is 10.8. The van der Waals surface area contributed by atoms with Crippen molar-refractivity contribution in [3.05, 3.63) is 64.2 Å². The number of hydrogen-bond acceptors (Lipinski definition) is 2. The van der Waals surface area contributed by atoms with Crippen molar-refractivity contribution in [1.82, 2.24) is 0 Å². The Bertz CT molecular complexity index is 791. The molecule has 1 N–H and O–H groups in total. The molecule has 1 unspecified atom stereocenters. The number of ether oxygens (including phenoxy) is 1. The van der Waals surface area contributed by atoms with E-state index in [0.717, 1.165) is 58.2 Å². The number of fused-ring (bicyclic) bond motifs is 4. The molecule has 2 aromatic carbocycles. The van der Waals surface area contributed by atoms with Crippen molar-refractivity contribution in [2.45, 2.75) is 70.1 Å². The Hall–Kier alpha value is -1.80. The quantitative estimate of drug-likeness (QED) is 0.608. The van der Waals surface area contributed by atoms with Crippen LogP contribution in [0.15, 0.2) is 36.4 Å². The van der Waals surface area contributed by atoms with Crippen LogP contribution < -0.4 is 0 Å². The average Bonchev–Trinajstić information content (AvgIpc) is 3.25. The molecule has 0 radical (unpaired) electrons. The molecule has 0 heterocycles. The van der Waals surface area contributed by atoms with Gasteiger partial charge in [0.15, 0.2) is 0 Å². The van der Waals surface area contributed by atoms with Gasteiger partial charge in [-0.05, 0) is 79.7 Å². The standard InChI is InChI=1S/C25H32O2/c1-2-3-17-27-18-5-4-8-19-9-6-10-20-13-15-25(23(19)20)16-14-21-11-7-12-22(26)24(21)25/h6-7,9-12,26H,2-5,8,13-18H2,1H3. The minimum Gasteiger partial charge on any atom is -0.508 e. The van der Waals surface area contributed by atoms with Crippen molar-refractivity contribution in [3.63, 3.8) is 0 Å². The molecule has 0 amide bonds. The maximum absolute atomic E-state index is 10.7. The largest absolute Gasteiger partial charge is 0.508 e. The molecule has 1 spiro atoms. The lowest BCUT2D eigenvalue weighted by Crippen LogP contribution is -2.23. The van der Waals surface area contributed by atoms with Gasteiger partial charge in [-0.3, -0.25) is 0 Å². The Morgan fingerprint density at radius 3 is 2.37 bits per heavy atom. The van der Waals surface area contributed by atoms with Crippen molar-refractivity contribution in [2.75, 3.05) is 13.2 Å². The van der Waals surface area contributed by atoms with Gasteiger partial charge in [0.2, 0.25) is 0 Å². The first kappa shape index (κ1) is 18.6. The second-order valence-electron chi connectivity index (χ2n) is 8.27. The van der Waals surface area contributed by atoms with Gasteiger partial charge in [0.1, 0.15) is 5.75 Å². The topological polar surface area (TPSA) is 29.5 Å². The van der Waals surface area contributed by atoms with Gasteiger partial charge in [0, 0.05) is 24.2 Å². The zero-order chi connectivity index (χ0) is 18.7. The van der Waals surface area contributed by atoms with Crippen molar-refractivity contribution < 1.29 is 9.84 Å². The van der Waals surface area contributed by atoms with Crippen LogP contribution in [0.4, 0.5) is 0 Å². The number of aryl methyl sites for hydroxylation is 3. The summed E-state index contributed by atoms with van der Waals surface area (Å²) in [6.45, 7) is 3.98. The maximum Gasteiger partial charge on any atom is 0.119 e. The Morgan fingerprint density at radius 1 is 0.889 bits per heavy atom. The van der Waals surface area contributed by atoms with Gasteiger partial charge in [-0.15, -0.1) is 0 Å². The predicted octanol–water partition coefficient (Wildman–Crippen LogP) is 5.71. The van der Waals surface area contributed by atoms with Crippen LogP contribution >= 0.6 is 0 Å². The summed E-state index contributed by atoms with van der Waals surface area (Å²) in [4.78, 5) is 0. The van der Waals surface area contributed by atoms with Gasteiger partial charge in [-0.25, -0.2) is 0 Å². The molecular weight excluding hydrogens is 332 g/mol. The number of unbranched alkanes of at least 4 members (excludes halogenated alkanes) is 2. The Kier molecular flexibility index (Phi) is 5.54. The molecular formula is C25H32O2. The van der Waals surface area contributed by atoms with Gasteiger partial charge >= 0.3 is 0 Å². The molecule has 2 heteroatoms. The van der Waals surface area contributed by atoms with Gasteiger partial charge in [-0.2, -0.15) is 0 Å². The Balaban J connectivity index is 1.53. The van der Waals surface area contributed by atoms with Crippen LogP contribution in [0.2, 0.25) is 0 Å². The highest BCUT2D eigenvalue weighted by molar-refractivity contribution is 5.60. The van der Waals surface area contributed by atoms with E-state index in [-0.39, 0.29) is 5.41 Å². The molecule has 0 bridgehead atoms. The molecule has 0 saturated heterocycles. The second-order valence-corrected chi connectivity index (χ2v) is 8.27. The lowest BCUT2D eigenvalue weighted by molar-refractivity contribution is 0.127. The van der Waals surface area contributed by atoms with E-state index in [1.54, 1.807) is 0 Å². The summed E-state index contributed by atoms with van der Waals surface area (Å²) in [6.07, 6.45) is 10.3.